The number of pyridine rings is 1. The van der Waals surface area contributed by atoms with E-state index in [0.717, 1.165) is 0 Å². The summed E-state index contributed by atoms with van der Waals surface area (Å²) in [4.78, 5) is 2.49. The number of nitrogens with zero attached hydrogens (tertiary/aromatic N) is 1. The van der Waals surface area contributed by atoms with E-state index in [1.54, 1.807) is 0 Å². The second kappa shape index (κ2) is 2.05. The fourth-order valence-electron chi connectivity index (χ4n) is 0.354. The van der Waals surface area contributed by atoms with Crippen LogP contribution in [0.4, 0.5) is 13.2 Å². The van der Waals surface area contributed by atoms with Gasteiger partial charge in [-0.05, 0) is 0 Å². The molecule has 0 aliphatic rings. The van der Waals surface area contributed by atoms with E-state index in [9.17, 15) is 13.2 Å². The van der Waals surface area contributed by atoms with Crippen LogP contribution in [0.5, 0.6) is 0 Å². The molecule has 0 N–H and O–H groups in total. The molecule has 1 rings (SSSR count). The predicted molar refractivity (Wildman–Crippen MR) is 24.1 cm³/mol. The summed E-state index contributed by atoms with van der Waals surface area (Å²) in [6.45, 7) is 0. The lowest BCUT2D eigenvalue weighted by atomic mass is 10.5. The van der Waals surface area contributed by atoms with Crippen molar-refractivity contribution in [2.45, 2.75) is 0 Å². The Morgan fingerprint density at radius 1 is 1.22 bits per heavy atom. The van der Waals surface area contributed by atoms with Crippen molar-refractivity contribution >= 4 is 0 Å². The Morgan fingerprint density at radius 3 is 2.11 bits per heavy atom. The van der Waals surface area contributed by atoms with E-state index in [-0.39, 0.29) is 0 Å². The average Bonchev–Trinajstić information content (AvgIpc) is 1.97. The first-order valence-corrected chi connectivity index (χ1v) is 2.01. The maximum Gasteiger partial charge on any atom is 0.218 e. The summed E-state index contributed by atoms with van der Waals surface area (Å²) in [5, 5.41) is 0. The van der Waals surface area contributed by atoms with Crippen LogP contribution in [-0.4, -0.2) is 4.98 Å². The van der Waals surface area contributed by atoms with Crippen molar-refractivity contribution in [3.8, 4) is 0 Å². The second-order valence-electron chi connectivity index (χ2n) is 1.26. The van der Waals surface area contributed by atoms with Crippen molar-refractivity contribution in [2.75, 3.05) is 0 Å². The molecular weight excluding hydrogens is 131 g/mol. The van der Waals surface area contributed by atoms with Gasteiger partial charge >= 0.3 is 0 Å². The third-order valence-corrected chi connectivity index (χ3v) is 0.622. The van der Waals surface area contributed by atoms with Crippen molar-refractivity contribution in [3.05, 3.63) is 29.8 Å². The lowest BCUT2D eigenvalue weighted by Crippen LogP contribution is -1.88. The number of halogens is 3. The number of hydrogen-bond acceptors (Lipinski definition) is 1. The summed E-state index contributed by atoms with van der Waals surface area (Å²) in [6, 6.07) is -2.37. The molecule has 4 heteroatoms. The Kier molecular flexibility index (Phi) is 0.880. The van der Waals surface area contributed by atoms with E-state index in [4.69, 9.17) is 2.74 Å². The highest BCUT2D eigenvalue weighted by molar-refractivity contribution is 4.97. The molecule has 0 bridgehead atoms. The molecule has 9 heavy (non-hydrogen) atoms. The summed E-state index contributed by atoms with van der Waals surface area (Å²) in [5.74, 6) is -4.62. The quantitative estimate of drug-likeness (QED) is 0.491. The summed E-state index contributed by atoms with van der Waals surface area (Å²) < 4.78 is 49.8. The van der Waals surface area contributed by atoms with E-state index in [1.165, 1.54) is 0 Å². The molecule has 0 fully saturated rings. The van der Waals surface area contributed by atoms with Gasteiger partial charge in [-0.2, -0.15) is 13.8 Å². The Balaban J connectivity index is 3.46. The van der Waals surface area contributed by atoms with Crippen LogP contribution in [-0.2, 0) is 0 Å². The highest BCUT2D eigenvalue weighted by Crippen LogP contribution is 2.00. The zero-order valence-corrected chi connectivity index (χ0v) is 4.08. The minimum Gasteiger partial charge on any atom is -0.207 e. The number of aromatic nitrogens is 1. The van der Waals surface area contributed by atoms with Crippen molar-refractivity contribution in [3.63, 3.8) is 0 Å². The van der Waals surface area contributed by atoms with Crippen LogP contribution < -0.4 is 0 Å². The first kappa shape index (κ1) is 3.87. The van der Waals surface area contributed by atoms with Crippen LogP contribution in [0.3, 0.4) is 0 Å². The molecule has 0 aromatic carbocycles. The van der Waals surface area contributed by atoms with Gasteiger partial charge in [-0.1, -0.05) is 0 Å². The smallest absolute Gasteiger partial charge is 0.207 e. The molecule has 0 saturated heterocycles. The van der Waals surface area contributed by atoms with Crippen molar-refractivity contribution < 1.29 is 15.9 Å². The van der Waals surface area contributed by atoms with E-state index in [0.29, 0.717) is 0 Å². The van der Waals surface area contributed by atoms with Gasteiger partial charge in [0.15, 0.2) is 0 Å². The molecule has 48 valence electrons. The van der Waals surface area contributed by atoms with Crippen LogP contribution in [0, 0.1) is 17.7 Å². The van der Waals surface area contributed by atoms with Crippen LogP contribution in [0.1, 0.15) is 2.74 Å². The maximum absolute atomic E-state index is 12.4. The Bertz CT molecular complexity index is 276. The highest BCUT2D eigenvalue weighted by Gasteiger charge is 1.98. The topological polar surface area (TPSA) is 12.9 Å². The Labute approximate surface area is 52.0 Å². The standard InChI is InChI=1S/C5H2F3N/c6-3-1-4(7)9-5(8)2-3/h1-2H/i1D,2D. The summed E-state index contributed by atoms with van der Waals surface area (Å²) >= 11 is 0. The molecule has 0 amide bonds. The lowest BCUT2D eigenvalue weighted by molar-refractivity contribution is 0.487. The lowest BCUT2D eigenvalue weighted by Gasteiger charge is -1.87. The zero-order chi connectivity index (χ0) is 8.59. The van der Waals surface area contributed by atoms with Gasteiger partial charge in [-0.15, -0.1) is 0 Å². The Hall–Kier alpha value is -1.06. The summed E-state index contributed by atoms with van der Waals surface area (Å²) in [7, 11) is 0. The third kappa shape index (κ3) is 1.42. The maximum atomic E-state index is 12.4. The number of hydrogen-bond donors (Lipinski definition) is 0. The van der Waals surface area contributed by atoms with Crippen molar-refractivity contribution in [2.24, 2.45) is 0 Å². The van der Waals surface area contributed by atoms with Gasteiger partial charge in [0.25, 0.3) is 0 Å². The predicted octanol–water partition coefficient (Wildman–Crippen LogP) is 1.50. The molecule has 0 aliphatic heterocycles. The van der Waals surface area contributed by atoms with Gasteiger partial charge in [0.2, 0.25) is 11.9 Å². The van der Waals surface area contributed by atoms with E-state index < -0.39 is 29.8 Å². The third-order valence-electron chi connectivity index (χ3n) is 0.622. The first-order valence-electron chi connectivity index (χ1n) is 3.01. The van der Waals surface area contributed by atoms with Gasteiger partial charge in [0.05, 0.1) is 2.74 Å². The molecule has 1 aromatic heterocycles. The molecular formula is C5H2F3N. The molecule has 1 aromatic rings. The van der Waals surface area contributed by atoms with E-state index >= 15 is 0 Å². The minimum absolute atomic E-state index is 1.18. The van der Waals surface area contributed by atoms with Gasteiger partial charge in [-0.3, -0.25) is 0 Å². The molecule has 0 unspecified atom stereocenters. The largest absolute Gasteiger partial charge is 0.218 e. The van der Waals surface area contributed by atoms with Crippen LogP contribution in [0.25, 0.3) is 0 Å². The van der Waals surface area contributed by atoms with E-state index in [2.05, 4.69) is 4.98 Å². The first-order chi connectivity index (χ1) is 5.04. The molecule has 0 aliphatic carbocycles. The van der Waals surface area contributed by atoms with Gasteiger partial charge in [-0.25, -0.2) is 4.39 Å². The van der Waals surface area contributed by atoms with E-state index in [1.807, 2.05) is 0 Å². The molecule has 0 saturated carbocycles. The monoisotopic (exact) mass is 135 g/mol. The Morgan fingerprint density at radius 2 is 1.67 bits per heavy atom. The fourth-order valence-corrected chi connectivity index (χ4v) is 0.354. The van der Waals surface area contributed by atoms with Crippen molar-refractivity contribution in [1.82, 2.24) is 4.98 Å². The van der Waals surface area contributed by atoms with Crippen LogP contribution >= 0.6 is 0 Å². The molecule has 1 heterocycles. The fraction of sp³-hybridized carbons (Fsp3) is 0. The second-order valence-corrected chi connectivity index (χ2v) is 1.26. The molecule has 0 atom stereocenters. The van der Waals surface area contributed by atoms with Gasteiger partial charge in [0, 0.05) is 12.1 Å². The summed E-state index contributed by atoms with van der Waals surface area (Å²) in [6.07, 6.45) is 0. The van der Waals surface area contributed by atoms with Crippen molar-refractivity contribution in [1.29, 1.82) is 0 Å². The normalized spacial score (nSPS) is 12.8. The van der Waals surface area contributed by atoms with Gasteiger partial charge < -0.3 is 0 Å². The van der Waals surface area contributed by atoms with Gasteiger partial charge in [0.1, 0.15) is 5.82 Å². The van der Waals surface area contributed by atoms with Crippen LogP contribution in [0.15, 0.2) is 12.1 Å². The molecule has 0 spiro atoms. The van der Waals surface area contributed by atoms with Crippen LogP contribution in [0.2, 0.25) is 0 Å². The minimum atomic E-state index is -1.55. The number of rotatable bonds is 0. The molecule has 0 radical (unpaired) electrons. The summed E-state index contributed by atoms with van der Waals surface area (Å²) in [5.41, 5.74) is 0. The zero-order valence-electron chi connectivity index (χ0n) is 6.08. The SMILES string of the molecule is [2H]c1c(F)nc(F)c([2H])c1F. The average molecular weight is 135 g/mol. The highest BCUT2D eigenvalue weighted by atomic mass is 19.1. The molecule has 1 nitrogen and oxygen atoms in total.